The van der Waals surface area contributed by atoms with Gasteiger partial charge in [0.25, 0.3) is 0 Å². The van der Waals surface area contributed by atoms with Gasteiger partial charge in [0.05, 0.1) is 6.61 Å². The monoisotopic (exact) mass is 217 g/mol. The molecule has 3 rings (SSSR count). The van der Waals surface area contributed by atoms with Gasteiger partial charge in [0, 0.05) is 6.07 Å². The lowest BCUT2D eigenvalue weighted by molar-refractivity contribution is 0.287. The van der Waals surface area contributed by atoms with Crippen LogP contribution in [0.25, 0.3) is 5.82 Å². The molecule has 0 spiro atoms. The Morgan fingerprint density at radius 3 is 3.00 bits per heavy atom. The van der Waals surface area contributed by atoms with E-state index in [1.165, 1.54) is 25.5 Å². The fourth-order valence-electron chi connectivity index (χ4n) is 1.35. The molecular weight excluding hydrogens is 206 g/mol. The van der Waals surface area contributed by atoms with E-state index >= 15 is 0 Å². The van der Waals surface area contributed by atoms with Crippen LogP contribution in [0, 0.1) is 5.92 Å². The lowest BCUT2D eigenvalue weighted by Gasteiger charge is -2.04. The van der Waals surface area contributed by atoms with Gasteiger partial charge < -0.3 is 4.74 Å². The molecule has 16 heavy (non-hydrogen) atoms. The van der Waals surface area contributed by atoms with Gasteiger partial charge in [0.15, 0.2) is 5.82 Å². The van der Waals surface area contributed by atoms with E-state index in [1.54, 1.807) is 17.1 Å². The van der Waals surface area contributed by atoms with Gasteiger partial charge in [0.2, 0.25) is 5.88 Å². The Morgan fingerprint density at radius 2 is 2.25 bits per heavy atom. The van der Waals surface area contributed by atoms with Gasteiger partial charge >= 0.3 is 0 Å². The SMILES string of the molecule is c1nc(OCC2CC2)cc(-n2cncn2)n1. The molecule has 1 aliphatic rings. The van der Waals surface area contributed by atoms with Crippen LogP contribution in [-0.2, 0) is 0 Å². The van der Waals surface area contributed by atoms with Crippen molar-refractivity contribution >= 4 is 0 Å². The van der Waals surface area contributed by atoms with Crippen LogP contribution in [0.5, 0.6) is 5.88 Å². The van der Waals surface area contributed by atoms with Crippen LogP contribution in [0.15, 0.2) is 25.0 Å². The van der Waals surface area contributed by atoms with E-state index in [0.29, 0.717) is 17.6 Å². The van der Waals surface area contributed by atoms with Crippen LogP contribution in [0.3, 0.4) is 0 Å². The van der Waals surface area contributed by atoms with Crippen molar-refractivity contribution in [2.75, 3.05) is 6.61 Å². The third-order valence-corrected chi connectivity index (χ3v) is 2.44. The van der Waals surface area contributed by atoms with Crippen molar-refractivity contribution < 1.29 is 4.74 Å². The van der Waals surface area contributed by atoms with E-state index in [2.05, 4.69) is 20.1 Å². The van der Waals surface area contributed by atoms with E-state index in [-0.39, 0.29) is 0 Å². The van der Waals surface area contributed by atoms with E-state index in [9.17, 15) is 0 Å². The highest BCUT2D eigenvalue weighted by Gasteiger charge is 2.22. The minimum atomic E-state index is 0.590. The average Bonchev–Trinajstić information content (AvgIpc) is 2.99. The first-order chi connectivity index (χ1) is 7.92. The van der Waals surface area contributed by atoms with Crippen LogP contribution in [-0.4, -0.2) is 31.3 Å². The Hall–Kier alpha value is -1.98. The first kappa shape index (κ1) is 9.26. The summed E-state index contributed by atoms with van der Waals surface area (Å²) in [5.74, 6) is 1.97. The number of ether oxygens (including phenoxy) is 1. The molecule has 0 amide bonds. The van der Waals surface area contributed by atoms with Crippen LogP contribution in [0.2, 0.25) is 0 Å². The summed E-state index contributed by atoms with van der Waals surface area (Å²) in [7, 11) is 0. The van der Waals surface area contributed by atoms with Gasteiger partial charge in [-0.3, -0.25) is 0 Å². The molecule has 1 fully saturated rings. The predicted molar refractivity (Wildman–Crippen MR) is 55.2 cm³/mol. The zero-order valence-electron chi connectivity index (χ0n) is 8.65. The maximum atomic E-state index is 5.56. The second kappa shape index (κ2) is 3.88. The zero-order chi connectivity index (χ0) is 10.8. The van der Waals surface area contributed by atoms with Crippen molar-refractivity contribution in [3.63, 3.8) is 0 Å². The Morgan fingerprint density at radius 1 is 1.31 bits per heavy atom. The topological polar surface area (TPSA) is 65.7 Å². The van der Waals surface area contributed by atoms with Crippen molar-refractivity contribution in [3.8, 4) is 11.7 Å². The maximum Gasteiger partial charge on any atom is 0.218 e. The third-order valence-electron chi connectivity index (χ3n) is 2.44. The first-order valence-electron chi connectivity index (χ1n) is 5.21. The molecule has 6 heteroatoms. The van der Waals surface area contributed by atoms with E-state index in [4.69, 9.17) is 4.74 Å². The summed E-state index contributed by atoms with van der Waals surface area (Å²) in [5.41, 5.74) is 0. The Bertz CT molecular complexity index is 466. The molecule has 0 aromatic carbocycles. The van der Waals surface area contributed by atoms with Gasteiger partial charge in [-0.05, 0) is 18.8 Å². The molecular formula is C10H11N5O. The molecule has 2 aromatic heterocycles. The summed E-state index contributed by atoms with van der Waals surface area (Å²) < 4.78 is 7.13. The smallest absolute Gasteiger partial charge is 0.218 e. The van der Waals surface area contributed by atoms with E-state index < -0.39 is 0 Å². The summed E-state index contributed by atoms with van der Waals surface area (Å²) in [6.45, 7) is 0.744. The van der Waals surface area contributed by atoms with E-state index in [1.807, 2.05) is 0 Å². The minimum absolute atomic E-state index is 0.590. The Balaban J connectivity index is 1.76. The average molecular weight is 217 g/mol. The molecule has 0 saturated heterocycles. The lowest BCUT2D eigenvalue weighted by Crippen LogP contribution is -2.04. The van der Waals surface area contributed by atoms with Crippen molar-refractivity contribution in [2.45, 2.75) is 12.8 Å². The van der Waals surface area contributed by atoms with Crippen LogP contribution >= 0.6 is 0 Å². The molecule has 0 N–H and O–H groups in total. The number of hydrogen-bond acceptors (Lipinski definition) is 5. The van der Waals surface area contributed by atoms with Gasteiger partial charge in [-0.2, -0.15) is 5.10 Å². The second-order valence-electron chi connectivity index (χ2n) is 3.81. The van der Waals surface area contributed by atoms with Crippen molar-refractivity contribution in [3.05, 3.63) is 25.0 Å². The van der Waals surface area contributed by atoms with Gasteiger partial charge in [-0.25, -0.2) is 19.6 Å². The van der Waals surface area contributed by atoms with Gasteiger partial charge in [-0.1, -0.05) is 0 Å². The fraction of sp³-hybridized carbons (Fsp3) is 0.400. The molecule has 0 radical (unpaired) electrons. The maximum absolute atomic E-state index is 5.56. The van der Waals surface area contributed by atoms with Crippen molar-refractivity contribution in [2.24, 2.45) is 5.92 Å². The summed E-state index contributed by atoms with van der Waals surface area (Å²) in [5, 5.41) is 3.99. The number of rotatable bonds is 4. The molecule has 2 heterocycles. The Labute approximate surface area is 92.3 Å². The Kier molecular flexibility index (Phi) is 2.25. The predicted octanol–water partition coefficient (Wildman–Crippen LogP) is 0.846. The molecule has 82 valence electrons. The number of aromatic nitrogens is 5. The molecule has 6 nitrogen and oxygen atoms in total. The molecule has 1 saturated carbocycles. The fourth-order valence-corrected chi connectivity index (χ4v) is 1.35. The van der Waals surface area contributed by atoms with Gasteiger partial charge in [-0.15, -0.1) is 0 Å². The zero-order valence-corrected chi connectivity index (χ0v) is 8.65. The minimum Gasteiger partial charge on any atom is -0.477 e. The largest absolute Gasteiger partial charge is 0.477 e. The van der Waals surface area contributed by atoms with Crippen molar-refractivity contribution in [1.82, 2.24) is 24.7 Å². The molecule has 0 unspecified atom stereocenters. The molecule has 2 aromatic rings. The summed E-state index contributed by atoms with van der Waals surface area (Å²) in [6, 6.07) is 1.76. The quantitative estimate of drug-likeness (QED) is 0.759. The van der Waals surface area contributed by atoms with E-state index in [0.717, 1.165) is 6.61 Å². The molecule has 0 atom stereocenters. The standard InChI is InChI=1S/C10H11N5O/c1-2-8(1)4-16-10-3-9(12-6-13-10)15-7-11-5-14-15/h3,5-8H,1-2,4H2. The second-order valence-corrected chi connectivity index (χ2v) is 3.81. The first-order valence-corrected chi connectivity index (χ1v) is 5.21. The normalized spacial score (nSPS) is 15.0. The summed E-state index contributed by atoms with van der Waals surface area (Å²) >= 11 is 0. The molecule has 0 aliphatic heterocycles. The van der Waals surface area contributed by atoms with Crippen LogP contribution in [0.1, 0.15) is 12.8 Å². The highest BCUT2D eigenvalue weighted by atomic mass is 16.5. The third kappa shape index (κ3) is 2.00. The molecule has 1 aliphatic carbocycles. The highest BCUT2D eigenvalue weighted by molar-refractivity contribution is 5.24. The summed E-state index contributed by atoms with van der Waals surface area (Å²) in [4.78, 5) is 12.0. The van der Waals surface area contributed by atoms with Crippen LogP contribution in [0.4, 0.5) is 0 Å². The number of hydrogen-bond donors (Lipinski definition) is 0. The number of nitrogens with zero attached hydrogens (tertiary/aromatic N) is 5. The summed E-state index contributed by atoms with van der Waals surface area (Å²) in [6.07, 6.45) is 7.06. The van der Waals surface area contributed by atoms with Crippen LogP contribution < -0.4 is 4.74 Å². The molecule has 0 bridgehead atoms. The van der Waals surface area contributed by atoms with Gasteiger partial charge in [0.1, 0.15) is 19.0 Å². The lowest BCUT2D eigenvalue weighted by atomic mass is 10.5. The highest BCUT2D eigenvalue weighted by Crippen LogP contribution is 2.29. The van der Waals surface area contributed by atoms with Crippen molar-refractivity contribution in [1.29, 1.82) is 0 Å².